The highest BCUT2D eigenvalue weighted by atomic mass is 16.5. The minimum atomic E-state index is -0.259. The van der Waals surface area contributed by atoms with E-state index < -0.39 is 0 Å². The molecule has 1 aliphatic rings. The monoisotopic (exact) mass is 350 g/mol. The molecule has 7 heteroatoms. The van der Waals surface area contributed by atoms with Crippen LogP contribution in [0.3, 0.4) is 0 Å². The van der Waals surface area contributed by atoms with E-state index in [1.165, 1.54) is 10.6 Å². The Labute approximate surface area is 149 Å². The fraction of sp³-hybridized carbons (Fsp3) is 0.263. The first-order chi connectivity index (χ1) is 12.7. The van der Waals surface area contributed by atoms with Gasteiger partial charge in [-0.1, -0.05) is 35.5 Å². The van der Waals surface area contributed by atoms with Gasteiger partial charge in [-0.25, -0.2) is 0 Å². The van der Waals surface area contributed by atoms with E-state index in [4.69, 9.17) is 4.52 Å². The van der Waals surface area contributed by atoms with Crippen LogP contribution in [-0.4, -0.2) is 20.6 Å². The van der Waals surface area contributed by atoms with Crippen molar-refractivity contribution in [2.24, 2.45) is 0 Å². The van der Waals surface area contributed by atoms with Crippen molar-refractivity contribution in [3.05, 3.63) is 70.4 Å². The lowest BCUT2D eigenvalue weighted by Gasteiger charge is -2.08. The van der Waals surface area contributed by atoms with Crippen molar-refractivity contribution in [2.45, 2.75) is 31.8 Å². The summed E-state index contributed by atoms with van der Waals surface area (Å²) in [4.78, 5) is 28.6. The quantitative estimate of drug-likeness (QED) is 0.735. The molecule has 1 amide bonds. The summed E-state index contributed by atoms with van der Waals surface area (Å²) < 4.78 is 6.62. The predicted molar refractivity (Wildman–Crippen MR) is 94.3 cm³/mol. The van der Waals surface area contributed by atoms with Crippen LogP contribution in [0, 0.1) is 0 Å². The molecule has 0 radical (unpaired) electrons. The van der Waals surface area contributed by atoms with Gasteiger partial charge < -0.3 is 14.4 Å². The lowest BCUT2D eigenvalue weighted by Crippen LogP contribution is -2.31. The summed E-state index contributed by atoms with van der Waals surface area (Å²) in [7, 11) is 0. The van der Waals surface area contributed by atoms with Crippen molar-refractivity contribution in [2.75, 3.05) is 0 Å². The number of nitrogens with one attached hydrogen (secondary N) is 1. The highest BCUT2D eigenvalue weighted by Gasteiger charge is 2.29. The average molecular weight is 350 g/mol. The Bertz CT molecular complexity index is 974. The number of amides is 1. The maximum absolute atomic E-state index is 12.2. The second-order valence-corrected chi connectivity index (χ2v) is 6.38. The molecule has 0 unspecified atom stereocenters. The summed E-state index contributed by atoms with van der Waals surface area (Å²) in [6, 6.07) is 12.6. The molecule has 0 spiro atoms. The first kappa shape index (κ1) is 16.3. The smallest absolute Gasteiger partial charge is 0.259 e. The van der Waals surface area contributed by atoms with Crippen LogP contribution in [-0.2, 0) is 17.9 Å². The molecule has 2 aromatic heterocycles. The molecule has 0 bridgehead atoms. The van der Waals surface area contributed by atoms with Crippen LogP contribution in [0.25, 0.3) is 11.5 Å². The Morgan fingerprint density at radius 3 is 2.77 bits per heavy atom. The van der Waals surface area contributed by atoms with Gasteiger partial charge in [-0.2, -0.15) is 4.98 Å². The summed E-state index contributed by atoms with van der Waals surface area (Å²) in [5.41, 5.74) is 1.37. The molecule has 1 aromatic carbocycles. The van der Waals surface area contributed by atoms with Crippen molar-refractivity contribution in [1.82, 2.24) is 20.0 Å². The SMILES string of the molecule is O=C(Cn1cc(-c2nc(C3CC3)no2)ccc1=O)NCc1ccccc1. The fourth-order valence-corrected chi connectivity index (χ4v) is 2.65. The molecule has 0 aliphatic heterocycles. The molecule has 132 valence electrons. The van der Waals surface area contributed by atoms with Gasteiger partial charge in [0.2, 0.25) is 5.91 Å². The van der Waals surface area contributed by atoms with Crippen molar-refractivity contribution in [3.63, 3.8) is 0 Å². The van der Waals surface area contributed by atoms with Gasteiger partial charge >= 0.3 is 0 Å². The number of rotatable bonds is 6. The van der Waals surface area contributed by atoms with E-state index in [-0.39, 0.29) is 18.0 Å². The normalized spacial score (nSPS) is 13.5. The number of carbonyl (C=O) groups is 1. The van der Waals surface area contributed by atoms with Gasteiger partial charge in [-0.05, 0) is 24.5 Å². The van der Waals surface area contributed by atoms with Crippen molar-refractivity contribution in [3.8, 4) is 11.5 Å². The van der Waals surface area contributed by atoms with Crippen molar-refractivity contribution in [1.29, 1.82) is 0 Å². The van der Waals surface area contributed by atoms with Crippen LogP contribution < -0.4 is 10.9 Å². The van der Waals surface area contributed by atoms with Gasteiger partial charge in [-0.3, -0.25) is 9.59 Å². The van der Waals surface area contributed by atoms with Gasteiger partial charge in [-0.15, -0.1) is 0 Å². The molecular formula is C19H18N4O3. The Hall–Kier alpha value is -3.22. The van der Waals surface area contributed by atoms with Crippen LogP contribution in [0.15, 0.2) is 58.0 Å². The number of hydrogen-bond donors (Lipinski definition) is 1. The molecule has 0 atom stereocenters. The molecule has 7 nitrogen and oxygen atoms in total. The van der Waals surface area contributed by atoms with Gasteiger partial charge in [0.05, 0.1) is 5.56 Å². The van der Waals surface area contributed by atoms with E-state index in [2.05, 4.69) is 15.5 Å². The molecule has 1 saturated carbocycles. The zero-order chi connectivity index (χ0) is 17.9. The van der Waals surface area contributed by atoms with E-state index in [1.807, 2.05) is 30.3 Å². The molecule has 1 aliphatic carbocycles. The Balaban J connectivity index is 1.45. The number of carbonyl (C=O) groups excluding carboxylic acids is 1. The zero-order valence-electron chi connectivity index (χ0n) is 14.1. The second kappa shape index (κ2) is 6.95. The second-order valence-electron chi connectivity index (χ2n) is 6.38. The van der Waals surface area contributed by atoms with E-state index >= 15 is 0 Å². The summed E-state index contributed by atoms with van der Waals surface area (Å²) in [5.74, 6) is 1.23. The minimum absolute atomic E-state index is 0.0663. The van der Waals surface area contributed by atoms with E-state index in [9.17, 15) is 9.59 Å². The van der Waals surface area contributed by atoms with Crippen LogP contribution in [0.5, 0.6) is 0 Å². The summed E-state index contributed by atoms with van der Waals surface area (Å²) in [5, 5.41) is 6.79. The van der Waals surface area contributed by atoms with E-state index in [0.717, 1.165) is 18.4 Å². The number of aromatic nitrogens is 3. The lowest BCUT2D eigenvalue weighted by molar-refractivity contribution is -0.121. The first-order valence-electron chi connectivity index (χ1n) is 8.54. The highest BCUT2D eigenvalue weighted by molar-refractivity contribution is 5.75. The standard InChI is InChI=1S/C19H18N4O3/c24-16(20-10-13-4-2-1-3-5-13)12-23-11-15(8-9-17(23)25)19-21-18(22-26-19)14-6-7-14/h1-5,8-9,11,14H,6-7,10,12H2,(H,20,24). The minimum Gasteiger partial charge on any atom is -0.350 e. The average Bonchev–Trinajstić information content (AvgIpc) is 3.40. The van der Waals surface area contributed by atoms with Crippen LogP contribution in [0.1, 0.15) is 30.1 Å². The molecule has 26 heavy (non-hydrogen) atoms. The molecule has 3 aromatic rings. The van der Waals surface area contributed by atoms with E-state index in [1.54, 1.807) is 12.3 Å². The highest BCUT2D eigenvalue weighted by Crippen LogP contribution is 2.38. The number of hydrogen-bond acceptors (Lipinski definition) is 5. The molecule has 4 rings (SSSR count). The third kappa shape index (κ3) is 3.72. The van der Waals surface area contributed by atoms with Gasteiger partial charge in [0.1, 0.15) is 6.54 Å². The molecular weight excluding hydrogens is 332 g/mol. The van der Waals surface area contributed by atoms with Crippen molar-refractivity contribution < 1.29 is 9.32 Å². The Morgan fingerprint density at radius 1 is 1.19 bits per heavy atom. The largest absolute Gasteiger partial charge is 0.350 e. The molecule has 1 fully saturated rings. The number of pyridine rings is 1. The lowest BCUT2D eigenvalue weighted by atomic mass is 10.2. The molecule has 1 N–H and O–H groups in total. The van der Waals surface area contributed by atoms with Crippen LogP contribution in [0.4, 0.5) is 0 Å². The van der Waals surface area contributed by atoms with E-state index in [0.29, 0.717) is 29.7 Å². The Kier molecular flexibility index (Phi) is 4.35. The first-order valence-corrected chi connectivity index (χ1v) is 8.54. The summed E-state index contributed by atoms with van der Waals surface area (Å²) in [6.45, 7) is 0.353. The van der Waals surface area contributed by atoms with Crippen LogP contribution in [0.2, 0.25) is 0 Å². The maximum atomic E-state index is 12.2. The third-order valence-corrected chi connectivity index (χ3v) is 4.26. The van der Waals surface area contributed by atoms with Gasteiger partial charge in [0.25, 0.3) is 11.4 Å². The summed E-state index contributed by atoms with van der Waals surface area (Å²) in [6.07, 6.45) is 3.74. The topological polar surface area (TPSA) is 90.0 Å². The zero-order valence-corrected chi connectivity index (χ0v) is 14.1. The maximum Gasteiger partial charge on any atom is 0.259 e. The fourth-order valence-electron chi connectivity index (χ4n) is 2.65. The molecule has 2 heterocycles. The number of nitrogens with zero attached hydrogens (tertiary/aromatic N) is 3. The molecule has 0 saturated heterocycles. The van der Waals surface area contributed by atoms with Crippen LogP contribution >= 0.6 is 0 Å². The van der Waals surface area contributed by atoms with Crippen molar-refractivity contribution >= 4 is 5.91 Å². The van der Waals surface area contributed by atoms with Gasteiger partial charge in [0.15, 0.2) is 5.82 Å². The Morgan fingerprint density at radius 2 is 2.00 bits per heavy atom. The number of benzene rings is 1. The third-order valence-electron chi connectivity index (χ3n) is 4.26. The van der Waals surface area contributed by atoms with Gasteiger partial charge in [0, 0.05) is 24.7 Å². The predicted octanol–water partition coefficient (Wildman–Crippen LogP) is 2.09. The summed E-state index contributed by atoms with van der Waals surface area (Å²) >= 11 is 0.